The summed E-state index contributed by atoms with van der Waals surface area (Å²) in [6.07, 6.45) is 0.752. The van der Waals surface area contributed by atoms with E-state index in [1.807, 2.05) is 11.4 Å². The number of thiophene rings is 1. The Morgan fingerprint density at radius 3 is 2.79 bits per heavy atom. The number of hydrogen-bond acceptors (Lipinski definition) is 3. The third-order valence-corrected chi connectivity index (χ3v) is 3.23. The summed E-state index contributed by atoms with van der Waals surface area (Å²) in [5.41, 5.74) is 0.835. The van der Waals surface area contributed by atoms with Gasteiger partial charge in [-0.05, 0) is 17.5 Å². The van der Waals surface area contributed by atoms with Gasteiger partial charge in [0.1, 0.15) is 0 Å². The van der Waals surface area contributed by atoms with Crippen LogP contribution >= 0.6 is 34.5 Å². The highest BCUT2D eigenvalue weighted by atomic mass is 35.5. The van der Waals surface area contributed by atoms with Gasteiger partial charge in [0.25, 0.3) is 0 Å². The van der Waals surface area contributed by atoms with E-state index in [4.69, 9.17) is 23.2 Å². The van der Waals surface area contributed by atoms with Gasteiger partial charge in [-0.3, -0.25) is 0 Å². The van der Waals surface area contributed by atoms with Crippen LogP contribution in [0.5, 0.6) is 0 Å². The van der Waals surface area contributed by atoms with E-state index in [-0.39, 0.29) is 5.15 Å². The van der Waals surface area contributed by atoms with Crippen molar-refractivity contribution >= 4 is 34.5 Å². The quantitative estimate of drug-likeness (QED) is 0.809. The minimum atomic E-state index is 0.251. The van der Waals surface area contributed by atoms with Crippen LogP contribution in [-0.4, -0.2) is 10.2 Å². The zero-order valence-corrected chi connectivity index (χ0v) is 9.40. The van der Waals surface area contributed by atoms with Crippen LogP contribution in [0.25, 0.3) is 0 Å². The first kappa shape index (κ1) is 9.90. The molecule has 0 atom stereocenters. The molecule has 0 spiro atoms. The van der Waals surface area contributed by atoms with Gasteiger partial charge < -0.3 is 0 Å². The van der Waals surface area contributed by atoms with E-state index >= 15 is 0 Å². The van der Waals surface area contributed by atoms with Gasteiger partial charge >= 0.3 is 0 Å². The first-order valence-electron chi connectivity index (χ1n) is 3.95. The van der Waals surface area contributed by atoms with Gasteiger partial charge in [0, 0.05) is 11.3 Å². The maximum Gasteiger partial charge on any atom is 0.170 e. The zero-order chi connectivity index (χ0) is 9.97. The summed E-state index contributed by atoms with van der Waals surface area (Å²) in [6, 6.07) is 5.80. The molecule has 0 fully saturated rings. The van der Waals surface area contributed by atoms with Crippen LogP contribution in [0.1, 0.15) is 10.6 Å². The maximum atomic E-state index is 5.82. The lowest BCUT2D eigenvalue weighted by atomic mass is 10.2. The van der Waals surface area contributed by atoms with Crippen molar-refractivity contribution in [2.45, 2.75) is 6.42 Å². The Morgan fingerprint density at radius 1 is 1.29 bits per heavy atom. The van der Waals surface area contributed by atoms with Crippen LogP contribution in [0.4, 0.5) is 0 Å². The van der Waals surface area contributed by atoms with Gasteiger partial charge in [0.05, 0.1) is 10.7 Å². The summed E-state index contributed by atoms with van der Waals surface area (Å²) in [7, 11) is 0. The highest BCUT2D eigenvalue weighted by Crippen LogP contribution is 2.20. The topological polar surface area (TPSA) is 25.8 Å². The molecule has 2 aromatic rings. The molecular formula is C9H6Cl2N2S. The van der Waals surface area contributed by atoms with Crippen LogP contribution in [0.2, 0.25) is 10.2 Å². The molecule has 0 bridgehead atoms. The Hall–Kier alpha value is -0.640. The summed E-state index contributed by atoms with van der Waals surface area (Å²) in [5.74, 6) is 0. The molecule has 0 N–H and O–H groups in total. The van der Waals surface area contributed by atoms with Crippen LogP contribution in [0.15, 0.2) is 23.6 Å². The van der Waals surface area contributed by atoms with E-state index in [1.165, 1.54) is 4.88 Å². The first-order chi connectivity index (χ1) is 6.75. The predicted octanol–water partition coefficient (Wildman–Crippen LogP) is 3.44. The number of hydrogen-bond donors (Lipinski definition) is 0. The molecule has 0 aliphatic carbocycles. The number of rotatable bonds is 2. The number of nitrogens with zero attached hydrogens (tertiary/aromatic N) is 2. The fourth-order valence-electron chi connectivity index (χ4n) is 1.07. The lowest BCUT2D eigenvalue weighted by molar-refractivity contribution is 0.944. The summed E-state index contributed by atoms with van der Waals surface area (Å²) in [6.45, 7) is 0. The van der Waals surface area contributed by atoms with Crippen LogP contribution in [0.3, 0.4) is 0 Å². The van der Waals surface area contributed by atoms with Gasteiger partial charge in [0.2, 0.25) is 0 Å². The molecule has 2 aromatic heterocycles. The fraction of sp³-hybridized carbons (Fsp3) is 0.111. The highest BCUT2D eigenvalue weighted by molar-refractivity contribution is 7.09. The molecule has 0 amide bonds. The van der Waals surface area contributed by atoms with Gasteiger partial charge in [-0.1, -0.05) is 29.3 Å². The van der Waals surface area contributed by atoms with E-state index in [0.29, 0.717) is 5.02 Å². The van der Waals surface area contributed by atoms with Crippen LogP contribution in [-0.2, 0) is 6.42 Å². The van der Waals surface area contributed by atoms with Crippen LogP contribution in [0, 0.1) is 0 Å². The molecule has 0 saturated heterocycles. The number of aromatic nitrogens is 2. The van der Waals surface area contributed by atoms with E-state index < -0.39 is 0 Å². The second-order valence-corrected chi connectivity index (χ2v) is 4.53. The van der Waals surface area contributed by atoms with Crippen molar-refractivity contribution in [3.8, 4) is 0 Å². The number of halogens is 2. The van der Waals surface area contributed by atoms with E-state index in [9.17, 15) is 0 Å². The molecule has 72 valence electrons. The maximum absolute atomic E-state index is 5.82. The largest absolute Gasteiger partial charge is 0.170 e. The van der Waals surface area contributed by atoms with E-state index in [2.05, 4.69) is 16.3 Å². The van der Waals surface area contributed by atoms with Crippen molar-refractivity contribution in [2.75, 3.05) is 0 Å². The van der Waals surface area contributed by atoms with Gasteiger partial charge in [-0.2, -0.15) is 5.10 Å². The summed E-state index contributed by atoms with van der Waals surface area (Å²) in [4.78, 5) is 1.23. The average molecular weight is 245 g/mol. The van der Waals surface area contributed by atoms with Crippen molar-refractivity contribution in [1.29, 1.82) is 0 Å². The van der Waals surface area contributed by atoms with Crippen molar-refractivity contribution in [3.05, 3.63) is 44.3 Å². The van der Waals surface area contributed by atoms with Gasteiger partial charge in [-0.15, -0.1) is 16.4 Å². The van der Waals surface area contributed by atoms with E-state index in [0.717, 1.165) is 12.1 Å². The molecule has 0 saturated carbocycles. The van der Waals surface area contributed by atoms with Crippen LogP contribution < -0.4 is 0 Å². The second-order valence-electron chi connectivity index (χ2n) is 2.73. The van der Waals surface area contributed by atoms with Gasteiger partial charge in [-0.25, -0.2) is 0 Å². The molecule has 0 aromatic carbocycles. The fourth-order valence-corrected chi connectivity index (χ4v) is 2.05. The zero-order valence-electron chi connectivity index (χ0n) is 7.08. The lowest BCUT2D eigenvalue weighted by Crippen LogP contribution is -1.93. The van der Waals surface area contributed by atoms with E-state index in [1.54, 1.807) is 17.4 Å². The van der Waals surface area contributed by atoms with Crippen molar-refractivity contribution in [2.24, 2.45) is 0 Å². The highest BCUT2D eigenvalue weighted by Gasteiger charge is 2.04. The minimum Gasteiger partial charge on any atom is -0.154 e. The second kappa shape index (κ2) is 4.26. The SMILES string of the molecule is Clc1cc(Cc2cccs2)nnc1Cl. The molecule has 0 aliphatic heterocycles. The summed E-state index contributed by atoms with van der Waals surface area (Å²) < 4.78 is 0. The van der Waals surface area contributed by atoms with Crippen molar-refractivity contribution in [3.63, 3.8) is 0 Å². The molecule has 2 rings (SSSR count). The average Bonchev–Trinajstić information content (AvgIpc) is 2.64. The summed E-state index contributed by atoms with van der Waals surface area (Å²) in [5, 5.41) is 10.4. The van der Waals surface area contributed by atoms with Crippen molar-refractivity contribution in [1.82, 2.24) is 10.2 Å². The van der Waals surface area contributed by atoms with Gasteiger partial charge in [0.15, 0.2) is 5.15 Å². The predicted molar refractivity (Wildman–Crippen MR) is 59.2 cm³/mol. The van der Waals surface area contributed by atoms with Crippen molar-refractivity contribution < 1.29 is 0 Å². The third kappa shape index (κ3) is 2.23. The minimum absolute atomic E-state index is 0.251. The molecular weight excluding hydrogens is 239 g/mol. The Balaban J connectivity index is 2.22. The smallest absolute Gasteiger partial charge is 0.154 e. The molecule has 2 heterocycles. The molecule has 2 nitrogen and oxygen atoms in total. The Morgan fingerprint density at radius 2 is 2.14 bits per heavy atom. The standard InChI is InChI=1S/C9H6Cl2N2S/c10-8-5-6(12-13-9(8)11)4-7-2-1-3-14-7/h1-3,5H,4H2. The molecule has 5 heteroatoms. The molecule has 0 radical (unpaired) electrons. The first-order valence-corrected chi connectivity index (χ1v) is 5.59. The Labute approximate surface area is 95.5 Å². The lowest BCUT2D eigenvalue weighted by Gasteiger charge is -1.98. The Bertz CT molecular complexity index is 428. The summed E-state index contributed by atoms with van der Waals surface area (Å²) >= 11 is 13.2. The molecule has 0 unspecified atom stereocenters. The molecule has 14 heavy (non-hydrogen) atoms. The Kier molecular flexibility index (Phi) is 3.01. The monoisotopic (exact) mass is 244 g/mol. The molecule has 0 aliphatic rings. The normalized spacial score (nSPS) is 10.4. The third-order valence-electron chi connectivity index (χ3n) is 1.69.